The fourth-order valence-corrected chi connectivity index (χ4v) is 6.63. The van der Waals surface area contributed by atoms with Gasteiger partial charge in [-0.05, 0) is 53.5 Å². The lowest BCUT2D eigenvalue weighted by Gasteiger charge is -2.27. The highest BCUT2D eigenvalue weighted by atomic mass is 28.2. The molecule has 0 heterocycles. The molecule has 1 atom stereocenters. The summed E-state index contributed by atoms with van der Waals surface area (Å²) in [6.07, 6.45) is 15.1. The van der Waals surface area contributed by atoms with E-state index < -0.39 is 0 Å². The van der Waals surface area contributed by atoms with Crippen LogP contribution in [0.4, 0.5) is 0 Å². The Morgan fingerprint density at radius 3 is 2.44 bits per heavy atom. The van der Waals surface area contributed by atoms with Crippen molar-refractivity contribution in [2.24, 2.45) is 0 Å². The molecule has 2 aromatic rings. The van der Waals surface area contributed by atoms with Gasteiger partial charge in [-0.3, -0.25) is 0 Å². The summed E-state index contributed by atoms with van der Waals surface area (Å²) < 4.78 is 0. The average molecular weight is 369 g/mol. The van der Waals surface area contributed by atoms with Crippen molar-refractivity contribution in [2.75, 3.05) is 0 Å². The maximum atomic E-state index is 2.48. The molecule has 2 aliphatic carbocycles. The summed E-state index contributed by atoms with van der Waals surface area (Å²) in [5.74, 6) is 0. The number of benzene rings is 2. The van der Waals surface area contributed by atoms with E-state index in [1.807, 2.05) is 0 Å². The molecule has 1 heteroatoms. The van der Waals surface area contributed by atoms with E-state index in [0.717, 1.165) is 12.8 Å². The van der Waals surface area contributed by atoms with Crippen LogP contribution in [0.5, 0.6) is 0 Å². The fraction of sp³-hybridized carbons (Fsp3) is 0.231. The van der Waals surface area contributed by atoms with E-state index in [1.165, 1.54) is 28.7 Å². The molecule has 0 fully saturated rings. The zero-order valence-electron chi connectivity index (χ0n) is 16.4. The molecule has 136 valence electrons. The second kappa shape index (κ2) is 7.70. The first-order chi connectivity index (χ1) is 13.1. The molecule has 0 saturated heterocycles. The van der Waals surface area contributed by atoms with Gasteiger partial charge in [0, 0.05) is 0 Å². The van der Waals surface area contributed by atoms with Crippen molar-refractivity contribution in [3.8, 4) is 0 Å². The molecule has 0 bridgehead atoms. The highest BCUT2D eigenvalue weighted by molar-refractivity contribution is 6.51. The first-order valence-corrected chi connectivity index (χ1v) is 11.4. The predicted octanol–water partition coefficient (Wildman–Crippen LogP) is 6.14. The van der Waals surface area contributed by atoms with Crippen LogP contribution < -0.4 is 0 Å². The van der Waals surface area contributed by atoms with Crippen molar-refractivity contribution in [3.05, 3.63) is 112 Å². The van der Waals surface area contributed by atoms with Crippen LogP contribution in [0.25, 0.3) is 5.57 Å². The Balaban J connectivity index is 1.69. The molecule has 0 amide bonds. The molecule has 0 aliphatic heterocycles. The Morgan fingerprint density at radius 1 is 0.963 bits per heavy atom. The van der Waals surface area contributed by atoms with Crippen molar-refractivity contribution in [3.63, 3.8) is 0 Å². The summed E-state index contributed by atoms with van der Waals surface area (Å²) >= 11 is 0. The van der Waals surface area contributed by atoms with Crippen molar-refractivity contribution >= 4 is 15.1 Å². The van der Waals surface area contributed by atoms with Crippen LogP contribution in [0.3, 0.4) is 0 Å². The van der Waals surface area contributed by atoms with E-state index in [-0.39, 0.29) is 9.52 Å². The molecule has 27 heavy (non-hydrogen) atoms. The molecule has 2 aromatic carbocycles. The maximum Gasteiger partial charge on any atom is 0.0612 e. The second-order valence-electron chi connectivity index (χ2n) is 8.25. The van der Waals surface area contributed by atoms with Gasteiger partial charge < -0.3 is 0 Å². The summed E-state index contributed by atoms with van der Waals surface area (Å²) in [5, 5.41) is 2.12. The van der Waals surface area contributed by atoms with Gasteiger partial charge in [-0.15, -0.1) is 0 Å². The van der Waals surface area contributed by atoms with Gasteiger partial charge in [-0.1, -0.05) is 103 Å². The van der Waals surface area contributed by atoms with Gasteiger partial charge in [0.05, 0.1) is 9.52 Å². The van der Waals surface area contributed by atoms with E-state index >= 15 is 0 Å². The average Bonchev–Trinajstić information content (AvgIpc) is 3.05. The van der Waals surface area contributed by atoms with Gasteiger partial charge >= 0.3 is 0 Å². The van der Waals surface area contributed by atoms with Crippen molar-refractivity contribution < 1.29 is 0 Å². The summed E-state index contributed by atoms with van der Waals surface area (Å²) in [7, 11) is -0.373. The Kier molecular flexibility index (Phi) is 5.13. The number of hydrogen-bond donors (Lipinski definition) is 0. The van der Waals surface area contributed by atoms with Gasteiger partial charge in [0.2, 0.25) is 0 Å². The first kappa shape index (κ1) is 18.0. The van der Waals surface area contributed by atoms with Crippen LogP contribution in [0.1, 0.15) is 36.5 Å². The largest absolute Gasteiger partial charge is 0.0840 e. The van der Waals surface area contributed by atoms with E-state index in [4.69, 9.17) is 0 Å². The third-order valence-corrected chi connectivity index (χ3v) is 8.31. The molecule has 0 radical (unpaired) electrons. The van der Waals surface area contributed by atoms with Gasteiger partial charge in [-0.25, -0.2) is 0 Å². The van der Waals surface area contributed by atoms with Crippen LogP contribution in [-0.4, -0.2) is 9.52 Å². The molecule has 0 nitrogen and oxygen atoms in total. The van der Waals surface area contributed by atoms with Crippen LogP contribution >= 0.6 is 0 Å². The zero-order chi connectivity index (χ0) is 18.7. The van der Waals surface area contributed by atoms with Gasteiger partial charge in [-0.2, -0.15) is 0 Å². The normalized spacial score (nSPS) is 22.1. The van der Waals surface area contributed by atoms with E-state index in [1.54, 1.807) is 10.8 Å². The van der Waals surface area contributed by atoms with E-state index in [0.29, 0.717) is 5.04 Å². The minimum atomic E-state index is -0.373. The lowest BCUT2D eigenvalue weighted by molar-refractivity contribution is 0.753. The highest BCUT2D eigenvalue weighted by Crippen LogP contribution is 2.42. The maximum absolute atomic E-state index is 2.48. The first-order valence-electron chi connectivity index (χ1n) is 10.00. The molecule has 1 unspecified atom stereocenters. The van der Waals surface area contributed by atoms with Crippen LogP contribution in [-0.2, 0) is 6.42 Å². The van der Waals surface area contributed by atoms with Gasteiger partial charge in [0.15, 0.2) is 0 Å². The molecule has 0 spiro atoms. The van der Waals surface area contributed by atoms with Gasteiger partial charge in [0.25, 0.3) is 0 Å². The second-order valence-corrected chi connectivity index (χ2v) is 11.1. The quantitative estimate of drug-likeness (QED) is 0.556. The third kappa shape index (κ3) is 4.14. The van der Waals surface area contributed by atoms with Gasteiger partial charge in [0.1, 0.15) is 0 Å². The fourth-order valence-electron chi connectivity index (χ4n) is 4.28. The number of aryl methyl sites for hydroxylation is 1. The Hall–Kier alpha value is -2.38. The van der Waals surface area contributed by atoms with E-state index in [9.17, 15) is 0 Å². The standard InChI is InChI=1S/C26H28Si/c1-20-11-13-22(14-12-20)23-15-16-25(27-26(2)17-7-4-8-18-26)24(23)19-21-9-5-3-6-10-21/h3-15,17H,16,18-19,27H2,1-2H3. The van der Waals surface area contributed by atoms with Crippen LogP contribution in [0, 0.1) is 6.92 Å². The number of hydrogen-bond acceptors (Lipinski definition) is 0. The number of allylic oxidation sites excluding steroid dienone is 8. The van der Waals surface area contributed by atoms with Crippen molar-refractivity contribution in [1.82, 2.24) is 0 Å². The monoisotopic (exact) mass is 368 g/mol. The summed E-state index contributed by atoms with van der Waals surface area (Å²) in [6, 6.07) is 20.0. The summed E-state index contributed by atoms with van der Waals surface area (Å²) in [4.78, 5) is 0. The van der Waals surface area contributed by atoms with Crippen LogP contribution in [0.15, 0.2) is 95.7 Å². The number of rotatable bonds is 5. The minimum absolute atomic E-state index is 0.373. The highest BCUT2D eigenvalue weighted by Gasteiger charge is 2.27. The summed E-state index contributed by atoms with van der Waals surface area (Å²) in [5.41, 5.74) is 7.19. The van der Waals surface area contributed by atoms with E-state index in [2.05, 4.69) is 98.8 Å². The molecule has 2 aliphatic rings. The molecule has 0 N–H and O–H groups in total. The Bertz CT molecular complexity index is 926. The smallest absolute Gasteiger partial charge is 0.0612 e. The lowest BCUT2D eigenvalue weighted by atomic mass is 9.95. The SMILES string of the molecule is Cc1ccc(C2=CCC([SiH2]C3(C)C=CC=CC3)=C2Cc2ccccc2)cc1. The van der Waals surface area contributed by atoms with Crippen molar-refractivity contribution in [1.29, 1.82) is 0 Å². The molecule has 0 aromatic heterocycles. The molecular formula is C26H28Si. The van der Waals surface area contributed by atoms with Crippen LogP contribution in [0.2, 0.25) is 5.04 Å². The molecular weight excluding hydrogens is 340 g/mol. The molecule has 0 saturated carbocycles. The molecule has 4 rings (SSSR count). The lowest BCUT2D eigenvalue weighted by Crippen LogP contribution is -2.18. The van der Waals surface area contributed by atoms with Crippen molar-refractivity contribution in [2.45, 2.75) is 38.1 Å². The minimum Gasteiger partial charge on any atom is -0.0840 e. The Morgan fingerprint density at radius 2 is 1.74 bits per heavy atom. The predicted molar refractivity (Wildman–Crippen MR) is 121 cm³/mol. The topological polar surface area (TPSA) is 0 Å². The Labute approximate surface area is 165 Å². The third-order valence-electron chi connectivity index (χ3n) is 5.84. The summed E-state index contributed by atoms with van der Waals surface area (Å²) in [6.45, 7) is 4.62. The zero-order valence-corrected chi connectivity index (χ0v) is 17.8.